The van der Waals surface area contributed by atoms with Crippen LogP contribution in [0.3, 0.4) is 0 Å². The lowest BCUT2D eigenvalue weighted by Crippen LogP contribution is -2.81. The van der Waals surface area contributed by atoms with Crippen LogP contribution in [-0.4, -0.2) is 53.1 Å². The van der Waals surface area contributed by atoms with E-state index < -0.39 is 42.2 Å². The summed E-state index contributed by atoms with van der Waals surface area (Å²) in [5.74, 6) is -0.604. The Kier molecular flexibility index (Phi) is 7.62. The van der Waals surface area contributed by atoms with Crippen molar-refractivity contribution in [1.29, 1.82) is 0 Å². The molecule has 1 heterocycles. The van der Waals surface area contributed by atoms with Gasteiger partial charge in [-0.25, -0.2) is 0 Å². The minimum absolute atomic E-state index is 0.227. The molecule has 0 aromatic heterocycles. The first-order chi connectivity index (χ1) is 17.6. The molecule has 3 aromatic rings. The second-order valence-electron chi connectivity index (χ2n) is 9.29. The fourth-order valence-corrected chi connectivity index (χ4v) is 5.28. The molecule has 7 atom stereocenters. The van der Waals surface area contributed by atoms with Crippen molar-refractivity contribution in [1.82, 2.24) is 0 Å². The minimum atomic E-state index is -1.52. The van der Waals surface area contributed by atoms with Crippen LogP contribution in [0.5, 0.6) is 0 Å². The van der Waals surface area contributed by atoms with Gasteiger partial charge in [0.05, 0.1) is 25.9 Å². The van der Waals surface area contributed by atoms with E-state index in [1.54, 1.807) is 6.08 Å². The minimum Gasteiger partial charge on any atom is -0.390 e. The SMILES string of the molecule is C=CCO[C@@H]1O[C@@H]2C(O)C(c3ccccc3)[C@]2(O)[C@H](OCc2ccccc2)[C@H]1OCc1ccccc1. The Morgan fingerprint density at radius 1 is 0.806 bits per heavy atom. The van der Waals surface area contributed by atoms with Crippen LogP contribution in [0, 0.1) is 0 Å². The van der Waals surface area contributed by atoms with Crippen molar-refractivity contribution in [3.63, 3.8) is 0 Å². The Morgan fingerprint density at radius 2 is 1.36 bits per heavy atom. The first-order valence-electron chi connectivity index (χ1n) is 12.3. The van der Waals surface area contributed by atoms with Crippen LogP contribution in [0.4, 0.5) is 0 Å². The van der Waals surface area contributed by atoms with Gasteiger partial charge >= 0.3 is 0 Å². The van der Waals surface area contributed by atoms with Crippen LogP contribution in [0.2, 0.25) is 0 Å². The average molecular weight is 489 g/mol. The molecule has 2 fully saturated rings. The molecule has 3 aromatic carbocycles. The molecule has 0 bridgehead atoms. The average Bonchev–Trinajstić information content (AvgIpc) is 2.92. The number of aliphatic hydroxyl groups is 2. The van der Waals surface area contributed by atoms with E-state index in [2.05, 4.69) is 6.58 Å². The van der Waals surface area contributed by atoms with E-state index in [1.807, 2.05) is 91.0 Å². The van der Waals surface area contributed by atoms with Crippen LogP contribution >= 0.6 is 0 Å². The van der Waals surface area contributed by atoms with Crippen LogP contribution < -0.4 is 0 Å². The third-order valence-electron chi connectivity index (χ3n) is 7.00. The predicted octanol–water partition coefficient (Wildman–Crippen LogP) is 3.97. The Labute approximate surface area is 211 Å². The van der Waals surface area contributed by atoms with Gasteiger partial charge in [-0.05, 0) is 16.7 Å². The van der Waals surface area contributed by atoms with Gasteiger partial charge in [-0.2, -0.15) is 0 Å². The number of benzene rings is 3. The number of hydrogen-bond acceptors (Lipinski definition) is 6. The summed E-state index contributed by atoms with van der Waals surface area (Å²) in [6.45, 7) is 4.51. The number of ether oxygens (including phenoxy) is 4. The maximum absolute atomic E-state index is 12.2. The van der Waals surface area contributed by atoms with E-state index in [9.17, 15) is 10.2 Å². The van der Waals surface area contributed by atoms with Gasteiger partial charge in [0.25, 0.3) is 0 Å². The van der Waals surface area contributed by atoms with Crippen molar-refractivity contribution in [2.24, 2.45) is 0 Å². The van der Waals surface area contributed by atoms with Gasteiger partial charge in [-0.3, -0.25) is 0 Å². The van der Waals surface area contributed by atoms with Crippen molar-refractivity contribution in [2.75, 3.05) is 6.61 Å². The molecule has 0 radical (unpaired) electrons. The first kappa shape index (κ1) is 24.8. The number of aliphatic hydroxyl groups excluding tert-OH is 1. The van der Waals surface area contributed by atoms with Gasteiger partial charge < -0.3 is 29.2 Å². The summed E-state index contributed by atoms with van der Waals surface area (Å²) in [6.07, 6.45) is -2.64. The molecule has 1 aliphatic heterocycles. The summed E-state index contributed by atoms with van der Waals surface area (Å²) in [6, 6.07) is 29.0. The van der Waals surface area contributed by atoms with E-state index in [4.69, 9.17) is 18.9 Å². The molecule has 36 heavy (non-hydrogen) atoms. The largest absolute Gasteiger partial charge is 0.390 e. The molecular weight excluding hydrogens is 456 g/mol. The molecule has 5 rings (SSSR count). The van der Waals surface area contributed by atoms with Gasteiger partial charge in [0.2, 0.25) is 0 Å². The van der Waals surface area contributed by atoms with E-state index in [0.717, 1.165) is 16.7 Å². The lowest BCUT2D eigenvalue weighted by atomic mass is 9.57. The molecule has 1 aliphatic carbocycles. The van der Waals surface area contributed by atoms with Crippen molar-refractivity contribution < 1.29 is 29.2 Å². The third-order valence-corrected chi connectivity index (χ3v) is 7.00. The Morgan fingerprint density at radius 3 is 1.94 bits per heavy atom. The van der Waals surface area contributed by atoms with Gasteiger partial charge in [0, 0.05) is 5.92 Å². The predicted molar refractivity (Wildman–Crippen MR) is 135 cm³/mol. The monoisotopic (exact) mass is 488 g/mol. The summed E-state index contributed by atoms with van der Waals surface area (Å²) in [5.41, 5.74) is 1.23. The van der Waals surface area contributed by atoms with Crippen molar-refractivity contribution in [3.05, 3.63) is 120 Å². The lowest BCUT2D eigenvalue weighted by molar-refractivity contribution is -0.397. The summed E-state index contributed by atoms with van der Waals surface area (Å²) < 4.78 is 24.9. The highest BCUT2D eigenvalue weighted by Crippen LogP contribution is 2.55. The van der Waals surface area contributed by atoms with Gasteiger partial charge in [0.1, 0.15) is 23.9 Å². The number of rotatable bonds is 10. The van der Waals surface area contributed by atoms with Crippen molar-refractivity contribution >= 4 is 0 Å². The smallest absolute Gasteiger partial charge is 0.187 e. The molecule has 6 nitrogen and oxygen atoms in total. The standard InChI is InChI=1S/C30H32O6/c1-2-18-33-29-26(34-19-21-12-6-3-7-13-21)28(35-20-22-14-8-4-9-15-22)30(32)24(25(31)27(30)36-29)23-16-10-5-11-17-23/h2-17,24-29,31-32H,1,18-20H2/t24?,25?,26-,27-,28-,29-,30-/m1/s1. The van der Waals surface area contributed by atoms with Gasteiger partial charge in [0.15, 0.2) is 6.29 Å². The fourth-order valence-electron chi connectivity index (χ4n) is 5.28. The first-order valence-corrected chi connectivity index (χ1v) is 12.3. The van der Waals surface area contributed by atoms with E-state index in [1.165, 1.54) is 0 Å². The van der Waals surface area contributed by atoms with Crippen molar-refractivity contribution in [2.45, 2.75) is 55.4 Å². The maximum atomic E-state index is 12.2. The molecule has 1 saturated carbocycles. The number of hydrogen-bond donors (Lipinski definition) is 2. The Balaban J connectivity index is 1.49. The van der Waals surface area contributed by atoms with Gasteiger partial charge in [-0.15, -0.1) is 6.58 Å². The van der Waals surface area contributed by atoms with Gasteiger partial charge in [-0.1, -0.05) is 97.1 Å². The summed E-state index contributed by atoms with van der Waals surface area (Å²) in [7, 11) is 0. The van der Waals surface area contributed by atoms with Crippen LogP contribution in [0.15, 0.2) is 104 Å². The highest BCUT2D eigenvalue weighted by Gasteiger charge is 2.72. The summed E-state index contributed by atoms with van der Waals surface area (Å²) in [4.78, 5) is 0. The topological polar surface area (TPSA) is 77.4 Å². The zero-order valence-corrected chi connectivity index (χ0v) is 20.1. The second kappa shape index (κ2) is 11.0. The Bertz CT molecular complexity index is 1110. The molecule has 0 amide bonds. The second-order valence-corrected chi connectivity index (χ2v) is 9.29. The highest BCUT2D eigenvalue weighted by molar-refractivity contribution is 5.35. The lowest BCUT2D eigenvalue weighted by Gasteiger charge is -2.63. The highest BCUT2D eigenvalue weighted by atomic mass is 16.7. The molecule has 188 valence electrons. The van der Waals surface area contributed by atoms with Crippen LogP contribution in [-0.2, 0) is 32.2 Å². The van der Waals surface area contributed by atoms with E-state index in [0.29, 0.717) is 0 Å². The quantitative estimate of drug-likeness (QED) is 0.421. The zero-order valence-electron chi connectivity index (χ0n) is 20.1. The summed E-state index contributed by atoms with van der Waals surface area (Å²) in [5, 5.41) is 23.3. The fraction of sp³-hybridized carbons (Fsp3) is 0.333. The third kappa shape index (κ3) is 4.76. The molecule has 2 unspecified atom stereocenters. The molecule has 2 N–H and O–H groups in total. The molecule has 2 aliphatic rings. The molecule has 0 spiro atoms. The van der Waals surface area contributed by atoms with E-state index >= 15 is 0 Å². The molecular formula is C30H32O6. The van der Waals surface area contributed by atoms with Crippen LogP contribution in [0.25, 0.3) is 0 Å². The molecule has 1 saturated heterocycles. The van der Waals surface area contributed by atoms with E-state index in [-0.39, 0.29) is 19.8 Å². The van der Waals surface area contributed by atoms with Crippen LogP contribution in [0.1, 0.15) is 22.6 Å². The van der Waals surface area contributed by atoms with Crippen molar-refractivity contribution in [3.8, 4) is 0 Å². The number of fused-ring (bicyclic) bond motifs is 1. The maximum Gasteiger partial charge on any atom is 0.187 e. The zero-order chi connectivity index (χ0) is 25.0. The normalized spacial score (nSPS) is 31.3. The summed E-state index contributed by atoms with van der Waals surface area (Å²) >= 11 is 0. The Hall–Kier alpha value is -2.84. The molecule has 6 heteroatoms.